The molecule has 0 aliphatic heterocycles. The molecule has 0 N–H and O–H groups in total. The minimum atomic E-state index is 0.338. The van der Waals surface area contributed by atoms with Gasteiger partial charge in [-0.15, -0.1) is 11.6 Å². The Morgan fingerprint density at radius 1 is 1.11 bits per heavy atom. The zero-order chi connectivity index (χ0) is 13.1. The van der Waals surface area contributed by atoms with Crippen LogP contribution in [0.1, 0.15) is 16.7 Å². The second-order valence-corrected chi connectivity index (χ2v) is 4.85. The van der Waals surface area contributed by atoms with Crippen LogP contribution in [0.3, 0.4) is 0 Å². The predicted octanol–water partition coefficient (Wildman–Crippen LogP) is 4.88. The number of pyridine rings is 1. The molecule has 1 aromatic carbocycles. The van der Waals surface area contributed by atoms with Crippen molar-refractivity contribution in [3.05, 3.63) is 52.2 Å². The van der Waals surface area contributed by atoms with E-state index in [2.05, 4.69) is 11.1 Å². The second kappa shape index (κ2) is 5.59. The number of aryl methyl sites for hydroxylation is 2. The van der Waals surface area contributed by atoms with E-state index in [9.17, 15) is 0 Å². The van der Waals surface area contributed by atoms with Crippen molar-refractivity contribution in [3.63, 3.8) is 0 Å². The highest BCUT2D eigenvalue weighted by atomic mass is 35.5. The Morgan fingerprint density at radius 2 is 1.78 bits per heavy atom. The monoisotopic (exact) mass is 281 g/mol. The van der Waals surface area contributed by atoms with Gasteiger partial charge >= 0.3 is 0 Å². The molecule has 0 saturated carbocycles. The van der Waals surface area contributed by atoms with Gasteiger partial charge in [-0.05, 0) is 42.7 Å². The summed E-state index contributed by atoms with van der Waals surface area (Å²) in [6.07, 6.45) is 1.55. The van der Waals surface area contributed by atoms with Crippen molar-refractivity contribution < 1.29 is 4.74 Å². The fourth-order valence-corrected chi connectivity index (χ4v) is 2.19. The van der Waals surface area contributed by atoms with Crippen LogP contribution in [-0.4, -0.2) is 4.98 Å². The average molecular weight is 282 g/mol. The minimum Gasteiger partial charge on any atom is -0.439 e. The third-order valence-corrected chi connectivity index (χ3v) is 3.10. The number of aromatic nitrogens is 1. The minimum absolute atomic E-state index is 0.338. The SMILES string of the molecule is Cc1cc(C)cc(Oc2cc(CCl)c(Cl)cn2)c1. The van der Waals surface area contributed by atoms with Crippen LogP contribution < -0.4 is 4.74 Å². The first kappa shape index (κ1) is 13.2. The van der Waals surface area contributed by atoms with Gasteiger partial charge in [0.05, 0.1) is 5.02 Å². The highest BCUT2D eigenvalue weighted by molar-refractivity contribution is 6.32. The lowest BCUT2D eigenvalue weighted by atomic mass is 10.1. The zero-order valence-electron chi connectivity index (χ0n) is 10.2. The maximum Gasteiger partial charge on any atom is 0.219 e. The van der Waals surface area contributed by atoms with Crippen molar-refractivity contribution in [2.45, 2.75) is 19.7 Å². The Morgan fingerprint density at radius 3 is 2.39 bits per heavy atom. The summed E-state index contributed by atoms with van der Waals surface area (Å²) in [5, 5.41) is 0.553. The van der Waals surface area contributed by atoms with Crippen molar-refractivity contribution >= 4 is 23.2 Å². The summed E-state index contributed by atoms with van der Waals surface area (Å²) >= 11 is 11.7. The summed E-state index contributed by atoms with van der Waals surface area (Å²) in [6.45, 7) is 4.05. The first-order chi connectivity index (χ1) is 8.58. The van der Waals surface area contributed by atoms with Gasteiger partial charge in [0.15, 0.2) is 0 Å². The molecule has 0 saturated heterocycles. The number of alkyl halides is 1. The maximum absolute atomic E-state index is 5.95. The lowest BCUT2D eigenvalue weighted by Crippen LogP contribution is -1.91. The smallest absolute Gasteiger partial charge is 0.219 e. The standard InChI is InChI=1S/C14H13Cl2NO/c1-9-3-10(2)5-12(4-9)18-14-6-11(7-15)13(16)8-17-14/h3-6,8H,7H2,1-2H3. The van der Waals surface area contributed by atoms with Gasteiger partial charge < -0.3 is 4.74 Å². The Hall–Kier alpha value is -1.25. The number of hydrogen-bond donors (Lipinski definition) is 0. The average Bonchev–Trinajstić information content (AvgIpc) is 2.30. The molecular formula is C14H13Cl2NO. The van der Waals surface area contributed by atoms with E-state index in [0.29, 0.717) is 16.8 Å². The fraction of sp³-hybridized carbons (Fsp3) is 0.214. The quantitative estimate of drug-likeness (QED) is 0.748. The van der Waals surface area contributed by atoms with Gasteiger partial charge in [0.25, 0.3) is 0 Å². The van der Waals surface area contributed by atoms with E-state index >= 15 is 0 Å². The van der Waals surface area contributed by atoms with Crippen LogP contribution in [0.5, 0.6) is 11.6 Å². The molecule has 0 aliphatic rings. The van der Waals surface area contributed by atoms with Crippen molar-refractivity contribution in [1.82, 2.24) is 4.98 Å². The van der Waals surface area contributed by atoms with Crippen molar-refractivity contribution in [3.8, 4) is 11.6 Å². The molecule has 0 spiro atoms. The number of benzene rings is 1. The molecule has 2 nitrogen and oxygen atoms in total. The van der Waals surface area contributed by atoms with E-state index in [1.807, 2.05) is 26.0 Å². The van der Waals surface area contributed by atoms with Gasteiger partial charge in [-0.1, -0.05) is 17.7 Å². The van der Waals surface area contributed by atoms with E-state index in [1.54, 1.807) is 12.3 Å². The molecule has 0 aliphatic carbocycles. The highest BCUT2D eigenvalue weighted by Gasteiger charge is 2.05. The van der Waals surface area contributed by atoms with Crippen molar-refractivity contribution in [2.75, 3.05) is 0 Å². The van der Waals surface area contributed by atoms with E-state index in [-0.39, 0.29) is 0 Å². The first-order valence-corrected chi connectivity index (χ1v) is 6.46. The third kappa shape index (κ3) is 3.15. The lowest BCUT2D eigenvalue weighted by molar-refractivity contribution is 0.461. The van der Waals surface area contributed by atoms with Crippen LogP contribution in [0.4, 0.5) is 0 Å². The molecule has 18 heavy (non-hydrogen) atoms. The Labute approximate surface area is 117 Å². The van der Waals surface area contributed by atoms with E-state index in [0.717, 1.165) is 22.4 Å². The number of ether oxygens (including phenoxy) is 1. The summed E-state index contributed by atoms with van der Waals surface area (Å²) in [4.78, 5) is 4.13. The molecule has 0 amide bonds. The molecule has 2 aromatic rings. The Balaban J connectivity index is 2.28. The van der Waals surface area contributed by atoms with Gasteiger partial charge in [0, 0.05) is 18.1 Å². The van der Waals surface area contributed by atoms with E-state index in [4.69, 9.17) is 27.9 Å². The van der Waals surface area contributed by atoms with Crippen LogP contribution in [0.25, 0.3) is 0 Å². The lowest BCUT2D eigenvalue weighted by Gasteiger charge is -2.08. The fourth-order valence-electron chi connectivity index (χ4n) is 1.73. The molecule has 4 heteroatoms. The molecule has 94 valence electrons. The van der Waals surface area contributed by atoms with Gasteiger partial charge in [0.1, 0.15) is 5.75 Å². The normalized spacial score (nSPS) is 10.4. The molecule has 0 unspecified atom stereocenters. The summed E-state index contributed by atoms with van der Waals surface area (Å²) < 4.78 is 5.71. The largest absolute Gasteiger partial charge is 0.439 e. The number of rotatable bonds is 3. The molecule has 0 radical (unpaired) electrons. The van der Waals surface area contributed by atoms with Crippen molar-refractivity contribution in [2.24, 2.45) is 0 Å². The predicted molar refractivity (Wildman–Crippen MR) is 74.8 cm³/mol. The summed E-state index contributed by atoms with van der Waals surface area (Å²) in [6, 6.07) is 7.77. The molecule has 2 rings (SSSR count). The Kier molecular flexibility index (Phi) is 4.10. The van der Waals surface area contributed by atoms with Crippen LogP contribution in [0, 0.1) is 13.8 Å². The maximum atomic E-state index is 5.95. The second-order valence-electron chi connectivity index (χ2n) is 4.17. The zero-order valence-corrected chi connectivity index (χ0v) is 11.7. The Bertz CT molecular complexity index is 549. The van der Waals surface area contributed by atoms with Crippen LogP contribution >= 0.6 is 23.2 Å². The first-order valence-electron chi connectivity index (χ1n) is 5.55. The molecule has 0 fully saturated rings. The molecule has 1 heterocycles. The van der Waals surface area contributed by atoms with Crippen LogP contribution in [0.15, 0.2) is 30.5 Å². The summed E-state index contributed by atoms with van der Waals surface area (Å²) in [5.74, 6) is 1.60. The summed E-state index contributed by atoms with van der Waals surface area (Å²) in [7, 11) is 0. The summed E-state index contributed by atoms with van der Waals surface area (Å²) in [5.41, 5.74) is 3.11. The topological polar surface area (TPSA) is 22.1 Å². The number of halogens is 2. The highest BCUT2D eigenvalue weighted by Crippen LogP contribution is 2.26. The van der Waals surface area contributed by atoms with Gasteiger partial charge in [-0.25, -0.2) is 4.98 Å². The van der Waals surface area contributed by atoms with Crippen molar-refractivity contribution in [1.29, 1.82) is 0 Å². The van der Waals surface area contributed by atoms with Crippen LogP contribution in [-0.2, 0) is 5.88 Å². The molecular weight excluding hydrogens is 269 g/mol. The van der Waals surface area contributed by atoms with Crippen LogP contribution in [0.2, 0.25) is 5.02 Å². The molecule has 0 bridgehead atoms. The third-order valence-electron chi connectivity index (χ3n) is 2.47. The van der Waals surface area contributed by atoms with Gasteiger partial charge in [-0.3, -0.25) is 0 Å². The van der Waals surface area contributed by atoms with Gasteiger partial charge in [0.2, 0.25) is 5.88 Å². The van der Waals surface area contributed by atoms with E-state index in [1.165, 1.54) is 0 Å². The number of hydrogen-bond acceptors (Lipinski definition) is 2. The number of nitrogens with zero attached hydrogens (tertiary/aromatic N) is 1. The molecule has 0 atom stereocenters. The van der Waals surface area contributed by atoms with E-state index < -0.39 is 0 Å². The van der Waals surface area contributed by atoms with Gasteiger partial charge in [-0.2, -0.15) is 0 Å². The molecule has 1 aromatic heterocycles.